The highest BCUT2D eigenvalue weighted by molar-refractivity contribution is 5.48. The number of hydrogen-bond acceptors (Lipinski definition) is 4. The van der Waals surface area contributed by atoms with Crippen molar-refractivity contribution >= 4 is 0 Å². The molecule has 0 radical (unpaired) electrons. The average Bonchev–Trinajstić information content (AvgIpc) is 2.79. The summed E-state index contributed by atoms with van der Waals surface area (Å²) in [5.74, 6) is 1.68. The lowest BCUT2D eigenvalue weighted by Crippen LogP contribution is -2.42. The minimum Gasteiger partial charge on any atom is -0.454 e. The third-order valence-corrected chi connectivity index (χ3v) is 4.40. The molecule has 0 aromatic heterocycles. The van der Waals surface area contributed by atoms with E-state index in [1.54, 1.807) is 0 Å². The molecule has 1 saturated carbocycles. The molecule has 1 aliphatic heterocycles. The summed E-state index contributed by atoms with van der Waals surface area (Å²) in [6.45, 7) is 4.39. The van der Waals surface area contributed by atoms with Gasteiger partial charge in [-0.2, -0.15) is 0 Å². The van der Waals surface area contributed by atoms with Crippen molar-refractivity contribution in [1.29, 1.82) is 0 Å². The molecule has 1 fully saturated rings. The van der Waals surface area contributed by atoms with E-state index in [2.05, 4.69) is 18.3 Å². The van der Waals surface area contributed by atoms with Crippen LogP contribution in [-0.2, 0) is 6.54 Å². The Hall–Kier alpha value is -1.26. The Bertz CT molecular complexity index is 463. The van der Waals surface area contributed by atoms with E-state index in [-0.39, 0.29) is 5.41 Å². The highest BCUT2D eigenvalue weighted by Crippen LogP contribution is 2.40. The zero-order chi connectivity index (χ0) is 13.3. The Morgan fingerprint density at radius 2 is 2.00 bits per heavy atom. The van der Waals surface area contributed by atoms with Crippen molar-refractivity contribution in [2.75, 3.05) is 19.9 Å². The molecule has 0 atom stereocenters. The second-order valence-electron chi connectivity index (χ2n) is 5.75. The zero-order valence-electron chi connectivity index (χ0n) is 11.4. The van der Waals surface area contributed by atoms with Crippen LogP contribution in [0.15, 0.2) is 12.1 Å². The summed E-state index contributed by atoms with van der Waals surface area (Å²) >= 11 is 0. The van der Waals surface area contributed by atoms with Gasteiger partial charge < -0.3 is 19.9 Å². The molecule has 4 nitrogen and oxygen atoms in total. The number of aliphatic hydroxyl groups is 1. The number of hydrogen-bond donors (Lipinski definition) is 2. The van der Waals surface area contributed by atoms with E-state index in [1.165, 1.54) is 17.5 Å². The summed E-state index contributed by atoms with van der Waals surface area (Å²) in [4.78, 5) is 0. The lowest BCUT2D eigenvalue weighted by Gasteiger charge is -2.40. The van der Waals surface area contributed by atoms with Crippen LogP contribution in [0.4, 0.5) is 0 Å². The van der Waals surface area contributed by atoms with Gasteiger partial charge in [0.05, 0.1) is 0 Å². The van der Waals surface area contributed by atoms with Gasteiger partial charge in [0.1, 0.15) is 0 Å². The van der Waals surface area contributed by atoms with Gasteiger partial charge in [0.2, 0.25) is 6.79 Å². The van der Waals surface area contributed by atoms with Gasteiger partial charge in [0.15, 0.2) is 11.5 Å². The van der Waals surface area contributed by atoms with Crippen LogP contribution in [0.3, 0.4) is 0 Å². The SMILES string of the molecule is Cc1cc2c(cc1CNCC1(CO)CCC1)OCO2. The second-order valence-corrected chi connectivity index (χ2v) is 5.75. The number of nitrogens with one attached hydrogen (secondary N) is 1. The smallest absolute Gasteiger partial charge is 0.231 e. The van der Waals surface area contributed by atoms with Gasteiger partial charge in [-0.1, -0.05) is 6.42 Å². The molecule has 0 unspecified atom stereocenters. The molecule has 4 heteroatoms. The first-order chi connectivity index (χ1) is 9.22. The molecule has 104 valence electrons. The largest absolute Gasteiger partial charge is 0.454 e. The quantitative estimate of drug-likeness (QED) is 0.853. The molecule has 0 bridgehead atoms. The second kappa shape index (κ2) is 5.02. The van der Waals surface area contributed by atoms with Crippen molar-refractivity contribution in [3.63, 3.8) is 0 Å². The Morgan fingerprint density at radius 1 is 1.26 bits per heavy atom. The summed E-state index contributed by atoms with van der Waals surface area (Å²) in [5.41, 5.74) is 2.57. The predicted molar refractivity (Wildman–Crippen MR) is 72.4 cm³/mol. The number of benzene rings is 1. The first-order valence-electron chi connectivity index (χ1n) is 6.93. The van der Waals surface area contributed by atoms with Gasteiger partial charge in [0.25, 0.3) is 0 Å². The van der Waals surface area contributed by atoms with Gasteiger partial charge in [-0.15, -0.1) is 0 Å². The van der Waals surface area contributed by atoms with Crippen LogP contribution in [0.25, 0.3) is 0 Å². The molecule has 1 aliphatic carbocycles. The molecule has 0 spiro atoms. The zero-order valence-corrected chi connectivity index (χ0v) is 11.4. The van der Waals surface area contributed by atoms with E-state index in [4.69, 9.17) is 9.47 Å². The van der Waals surface area contributed by atoms with Crippen molar-refractivity contribution in [3.05, 3.63) is 23.3 Å². The lowest BCUT2D eigenvalue weighted by atomic mass is 9.69. The highest BCUT2D eigenvalue weighted by atomic mass is 16.7. The maximum Gasteiger partial charge on any atom is 0.231 e. The molecule has 1 aromatic rings. The van der Waals surface area contributed by atoms with Gasteiger partial charge in [-0.25, -0.2) is 0 Å². The van der Waals surface area contributed by atoms with E-state index in [9.17, 15) is 5.11 Å². The molecule has 19 heavy (non-hydrogen) atoms. The van der Waals surface area contributed by atoms with Gasteiger partial charge in [-0.05, 0) is 43.0 Å². The third kappa shape index (κ3) is 2.42. The Morgan fingerprint density at radius 3 is 2.63 bits per heavy atom. The fraction of sp³-hybridized carbons (Fsp3) is 0.600. The fourth-order valence-corrected chi connectivity index (χ4v) is 2.81. The molecule has 1 heterocycles. The number of aliphatic hydroxyl groups excluding tert-OH is 1. The Balaban J connectivity index is 1.61. The molecule has 1 aromatic carbocycles. The number of fused-ring (bicyclic) bond motifs is 1. The predicted octanol–water partition coefficient (Wildman–Crippen LogP) is 1.98. The number of ether oxygens (including phenoxy) is 2. The lowest BCUT2D eigenvalue weighted by molar-refractivity contribution is 0.0445. The van der Waals surface area contributed by atoms with Crippen molar-refractivity contribution in [2.24, 2.45) is 5.41 Å². The number of aryl methyl sites for hydroxylation is 1. The molecule has 0 saturated heterocycles. The van der Waals surface area contributed by atoms with Crippen LogP contribution in [0.2, 0.25) is 0 Å². The van der Waals surface area contributed by atoms with Crippen LogP contribution < -0.4 is 14.8 Å². The first-order valence-corrected chi connectivity index (χ1v) is 6.93. The Labute approximate surface area is 113 Å². The van der Waals surface area contributed by atoms with E-state index >= 15 is 0 Å². The maximum atomic E-state index is 9.44. The summed E-state index contributed by atoms with van der Waals surface area (Å²) in [6.07, 6.45) is 3.51. The minimum atomic E-state index is 0.129. The maximum absolute atomic E-state index is 9.44. The summed E-state index contributed by atoms with van der Waals surface area (Å²) < 4.78 is 10.8. The monoisotopic (exact) mass is 263 g/mol. The highest BCUT2D eigenvalue weighted by Gasteiger charge is 2.35. The van der Waals surface area contributed by atoms with Gasteiger partial charge >= 0.3 is 0 Å². The van der Waals surface area contributed by atoms with E-state index in [0.717, 1.165) is 37.4 Å². The van der Waals surface area contributed by atoms with Crippen LogP contribution in [-0.4, -0.2) is 25.1 Å². The van der Waals surface area contributed by atoms with Crippen LogP contribution in [0.1, 0.15) is 30.4 Å². The molecule has 3 rings (SSSR count). The molecule has 2 aliphatic rings. The minimum absolute atomic E-state index is 0.129. The van der Waals surface area contributed by atoms with Crippen molar-refractivity contribution < 1.29 is 14.6 Å². The van der Waals surface area contributed by atoms with Crippen LogP contribution >= 0.6 is 0 Å². The van der Waals surface area contributed by atoms with Crippen LogP contribution in [0.5, 0.6) is 11.5 Å². The normalized spacial score (nSPS) is 19.3. The molecular formula is C15H21NO3. The first kappa shape index (κ1) is 12.8. The Kier molecular flexibility index (Phi) is 3.37. The van der Waals surface area contributed by atoms with Crippen molar-refractivity contribution in [1.82, 2.24) is 5.32 Å². The fourth-order valence-electron chi connectivity index (χ4n) is 2.81. The average molecular weight is 263 g/mol. The van der Waals surface area contributed by atoms with Gasteiger partial charge in [0, 0.05) is 25.1 Å². The van der Waals surface area contributed by atoms with Gasteiger partial charge in [-0.3, -0.25) is 0 Å². The summed E-state index contributed by atoms with van der Waals surface area (Å²) in [7, 11) is 0. The van der Waals surface area contributed by atoms with E-state index < -0.39 is 0 Å². The molecular weight excluding hydrogens is 242 g/mol. The number of rotatable bonds is 5. The molecule has 0 amide bonds. The van der Waals surface area contributed by atoms with E-state index in [0.29, 0.717) is 13.4 Å². The summed E-state index contributed by atoms with van der Waals surface area (Å²) in [5, 5.41) is 12.9. The van der Waals surface area contributed by atoms with Crippen molar-refractivity contribution in [2.45, 2.75) is 32.7 Å². The molecule has 2 N–H and O–H groups in total. The standard InChI is InChI=1S/C15H21NO3/c1-11-5-13-14(19-10-18-13)6-12(11)7-16-8-15(9-17)3-2-4-15/h5-6,16-17H,2-4,7-10H2,1H3. The third-order valence-electron chi connectivity index (χ3n) is 4.40. The topological polar surface area (TPSA) is 50.7 Å². The van der Waals surface area contributed by atoms with Crippen molar-refractivity contribution in [3.8, 4) is 11.5 Å². The van der Waals surface area contributed by atoms with Crippen LogP contribution in [0, 0.1) is 12.3 Å². The van der Waals surface area contributed by atoms with E-state index in [1.807, 2.05) is 6.07 Å². The summed E-state index contributed by atoms with van der Waals surface area (Å²) in [6, 6.07) is 4.08.